The highest BCUT2D eigenvalue weighted by Crippen LogP contribution is 2.53. The van der Waals surface area contributed by atoms with Gasteiger partial charge in [-0.25, -0.2) is 8.78 Å². The van der Waals surface area contributed by atoms with Crippen molar-refractivity contribution in [2.75, 3.05) is 13.1 Å². The van der Waals surface area contributed by atoms with Gasteiger partial charge in [0.15, 0.2) is 0 Å². The summed E-state index contributed by atoms with van der Waals surface area (Å²) in [6, 6.07) is 17.5. The van der Waals surface area contributed by atoms with E-state index in [1.165, 1.54) is 24.3 Å². The Labute approximate surface area is 213 Å². The fourth-order valence-corrected chi connectivity index (χ4v) is 5.09. The van der Waals surface area contributed by atoms with Crippen LogP contribution in [0, 0.1) is 5.82 Å². The van der Waals surface area contributed by atoms with Crippen LogP contribution in [-0.4, -0.2) is 36.2 Å². The van der Waals surface area contributed by atoms with Gasteiger partial charge in [0.2, 0.25) is 5.91 Å². The molecule has 1 heterocycles. The Hall–Kier alpha value is -3.43. The Morgan fingerprint density at radius 1 is 0.842 bits per heavy atom. The van der Waals surface area contributed by atoms with Crippen molar-refractivity contribution in [3.8, 4) is 0 Å². The van der Waals surface area contributed by atoms with Gasteiger partial charge in [0.1, 0.15) is 5.82 Å². The average molecular weight is 541 g/mol. The molecule has 0 unspecified atom stereocenters. The van der Waals surface area contributed by atoms with Gasteiger partial charge in [-0.2, -0.15) is 26.3 Å². The van der Waals surface area contributed by atoms with Gasteiger partial charge in [-0.05, 0) is 28.8 Å². The van der Waals surface area contributed by atoms with Crippen LogP contribution in [-0.2, 0) is 22.3 Å². The molecule has 2 atom stereocenters. The number of halogens is 8. The molecule has 1 aliphatic rings. The molecule has 38 heavy (non-hydrogen) atoms. The van der Waals surface area contributed by atoms with Gasteiger partial charge in [-0.1, -0.05) is 73.7 Å². The fourth-order valence-electron chi connectivity index (χ4n) is 5.09. The maximum absolute atomic E-state index is 14.5. The Balaban J connectivity index is 1.71. The highest BCUT2D eigenvalue weighted by Gasteiger charge is 2.73. The molecule has 1 fully saturated rings. The minimum atomic E-state index is -6.22. The molecule has 3 aromatic carbocycles. The van der Waals surface area contributed by atoms with E-state index in [1.54, 1.807) is 42.2 Å². The first-order valence-electron chi connectivity index (χ1n) is 11.7. The predicted octanol–water partition coefficient (Wildman–Crippen LogP) is 7.24. The molecular formula is C28H23F8NO. The molecule has 202 valence electrons. The summed E-state index contributed by atoms with van der Waals surface area (Å²) in [7, 11) is 0. The molecule has 0 aromatic heterocycles. The molecule has 0 spiro atoms. The summed E-state index contributed by atoms with van der Waals surface area (Å²) >= 11 is 0. The van der Waals surface area contributed by atoms with Crippen molar-refractivity contribution in [1.82, 2.24) is 4.90 Å². The van der Waals surface area contributed by atoms with Crippen molar-refractivity contribution in [1.29, 1.82) is 0 Å². The molecule has 2 nitrogen and oxygen atoms in total. The molecule has 4 rings (SSSR count). The second kappa shape index (κ2) is 9.71. The molecule has 1 amide bonds. The third-order valence-corrected chi connectivity index (χ3v) is 7.24. The lowest BCUT2D eigenvalue weighted by Gasteiger charge is -2.33. The zero-order valence-electron chi connectivity index (χ0n) is 20.1. The summed E-state index contributed by atoms with van der Waals surface area (Å²) in [6.45, 7) is 2.08. The monoisotopic (exact) mass is 541 g/mol. The van der Waals surface area contributed by atoms with Crippen LogP contribution in [0.25, 0.3) is 0 Å². The van der Waals surface area contributed by atoms with E-state index in [2.05, 4.69) is 0 Å². The number of likely N-dealkylation sites (tertiary alicyclic amines) is 1. The van der Waals surface area contributed by atoms with Crippen LogP contribution in [0.5, 0.6) is 0 Å². The van der Waals surface area contributed by atoms with Crippen molar-refractivity contribution >= 4 is 5.91 Å². The quantitative estimate of drug-likeness (QED) is 0.312. The lowest BCUT2D eigenvalue weighted by atomic mass is 9.71. The van der Waals surface area contributed by atoms with E-state index < -0.39 is 40.7 Å². The second-order valence-corrected chi connectivity index (χ2v) is 9.69. The number of benzene rings is 3. The first-order valence-corrected chi connectivity index (χ1v) is 11.7. The number of alkyl halides is 7. The molecule has 3 aromatic rings. The predicted molar refractivity (Wildman–Crippen MR) is 125 cm³/mol. The van der Waals surface area contributed by atoms with Gasteiger partial charge in [0, 0.05) is 30.0 Å². The molecule has 10 heteroatoms. The van der Waals surface area contributed by atoms with E-state index in [9.17, 15) is 39.9 Å². The van der Waals surface area contributed by atoms with Crippen LogP contribution >= 0.6 is 0 Å². The van der Waals surface area contributed by atoms with Gasteiger partial charge in [0.05, 0.1) is 6.42 Å². The summed E-state index contributed by atoms with van der Waals surface area (Å²) < 4.78 is 107. The normalized spacial score (nSPS) is 20.6. The van der Waals surface area contributed by atoms with Gasteiger partial charge < -0.3 is 4.90 Å². The molecule has 1 saturated heterocycles. The van der Waals surface area contributed by atoms with Crippen LogP contribution in [0.3, 0.4) is 0 Å². The highest BCUT2D eigenvalue weighted by atomic mass is 19.4. The Kier molecular flexibility index (Phi) is 7.05. The van der Waals surface area contributed by atoms with Crippen LogP contribution in [0.4, 0.5) is 35.1 Å². The molecule has 0 saturated carbocycles. The Bertz CT molecular complexity index is 1260. The summed E-state index contributed by atoms with van der Waals surface area (Å²) in [4.78, 5) is 14.7. The van der Waals surface area contributed by atoms with Crippen LogP contribution in [0.1, 0.15) is 35.1 Å². The maximum Gasteiger partial charge on any atom is 0.435 e. The van der Waals surface area contributed by atoms with E-state index in [0.717, 1.165) is 17.7 Å². The number of nitrogens with zero attached hydrogens (tertiary/aromatic N) is 1. The van der Waals surface area contributed by atoms with Crippen LogP contribution in [0.15, 0.2) is 78.9 Å². The summed E-state index contributed by atoms with van der Waals surface area (Å²) in [5.41, 5.74) is -6.25. The molecule has 0 N–H and O–H groups in total. The molecule has 0 bridgehead atoms. The smallest absolute Gasteiger partial charge is 0.341 e. The van der Waals surface area contributed by atoms with E-state index in [4.69, 9.17) is 0 Å². The zero-order valence-corrected chi connectivity index (χ0v) is 20.1. The van der Waals surface area contributed by atoms with Crippen molar-refractivity contribution in [2.24, 2.45) is 0 Å². The fraction of sp³-hybridized carbons (Fsp3) is 0.321. The average Bonchev–Trinajstić information content (AvgIpc) is 3.22. The zero-order chi connectivity index (χ0) is 27.9. The molecule has 0 radical (unpaired) electrons. The van der Waals surface area contributed by atoms with Crippen molar-refractivity contribution < 1.29 is 39.9 Å². The van der Waals surface area contributed by atoms with Crippen LogP contribution < -0.4 is 0 Å². The number of carbonyl (C=O) groups excluding carboxylic acids is 1. The molecule has 1 aliphatic heterocycles. The third-order valence-electron chi connectivity index (χ3n) is 7.24. The lowest BCUT2D eigenvalue weighted by Crippen LogP contribution is -2.50. The highest BCUT2D eigenvalue weighted by molar-refractivity contribution is 5.79. The lowest BCUT2D eigenvalue weighted by molar-refractivity contribution is -0.348. The number of carbonyl (C=O) groups is 1. The van der Waals surface area contributed by atoms with Gasteiger partial charge in [-0.3, -0.25) is 4.79 Å². The van der Waals surface area contributed by atoms with Crippen molar-refractivity contribution in [3.05, 3.63) is 107 Å². The SMILES string of the molecule is C[C@]1(c2ccc(F)cc2)CN(C(=O)Cc2ccccc2)C[C@H]1c1ccc(C(F)(C(F)(F)F)C(F)(F)F)cc1. The number of hydrogen-bond donors (Lipinski definition) is 0. The van der Waals surface area contributed by atoms with E-state index in [0.29, 0.717) is 23.3 Å². The van der Waals surface area contributed by atoms with Crippen molar-refractivity contribution in [2.45, 2.75) is 42.7 Å². The summed E-state index contributed by atoms with van der Waals surface area (Å²) in [5, 5.41) is 0. The van der Waals surface area contributed by atoms with E-state index >= 15 is 0 Å². The van der Waals surface area contributed by atoms with E-state index in [1.807, 2.05) is 0 Å². The first kappa shape index (κ1) is 27.6. The largest absolute Gasteiger partial charge is 0.435 e. The number of rotatable bonds is 5. The standard InChI is InChI=1S/C28H23F8NO/c1-25(20-11-13-22(29)14-12-20)17-37(24(38)15-18-5-3-2-4-6-18)16-23(25)19-7-9-21(10-8-19)26(30,27(31,32)33)28(34,35)36/h2-14,23H,15-17H2,1H3/t23-,25+/m0/s1. The van der Waals surface area contributed by atoms with Crippen molar-refractivity contribution in [3.63, 3.8) is 0 Å². The van der Waals surface area contributed by atoms with Gasteiger partial charge in [0.25, 0.3) is 0 Å². The summed E-state index contributed by atoms with van der Waals surface area (Å²) in [5.74, 6) is -1.29. The Morgan fingerprint density at radius 3 is 1.92 bits per heavy atom. The second-order valence-electron chi connectivity index (χ2n) is 9.69. The minimum Gasteiger partial charge on any atom is -0.341 e. The minimum absolute atomic E-state index is 0.0908. The number of amides is 1. The van der Waals surface area contributed by atoms with Gasteiger partial charge >= 0.3 is 18.0 Å². The molecular weight excluding hydrogens is 518 g/mol. The number of hydrogen-bond acceptors (Lipinski definition) is 1. The molecule has 0 aliphatic carbocycles. The van der Waals surface area contributed by atoms with E-state index in [-0.39, 0.29) is 25.4 Å². The first-order chi connectivity index (χ1) is 17.7. The Morgan fingerprint density at radius 2 is 1.39 bits per heavy atom. The third kappa shape index (κ3) is 4.88. The van der Waals surface area contributed by atoms with Crippen LogP contribution in [0.2, 0.25) is 0 Å². The van der Waals surface area contributed by atoms with Gasteiger partial charge in [-0.15, -0.1) is 0 Å². The summed E-state index contributed by atoms with van der Waals surface area (Å²) in [6.07, 6.45) is -12.3. The topological polar surface area (TPSA) is 20.3 Å². The maximum atomic E-state index is 14.5.